The summed E-state index contributed by atoms with van der Waals surface area (Å²) in [5.74, 6) is 1.63. The highest BCUT2D eigenvalue weighted by molar-refractivity contribution is 6.06. The molecular formula is C40H45F3N8O2. The molecule has 4 aromatic rings. The second-order valence-electron chi connectivity index (χ2n) is 16.9. The lowest BCUT2D eigenvalue weighted by atomic mass is 9.72. The first kappa shape index (κ1) is 33.2. The maximum absolute atomic E-state index is 14.1. The molecular weight excluding hydrogens is 681 g/mol. The van der Waals surface area contributed by atoms with E-state index in [9.17, 15) is 18.0 Å². The van der Waals surface area contributed by atoms with Gasteiger partial charge >= 0.3 is 6.18 Å². The highest BCUT2D eigenvalue weighted by Crippen LogP contribution is 2.55. The largest absolute Gasteiger partial charge is 0.481 e. The summed E-state index contributed by atoms with van der Waals surface area (Å²) in [6.07, 6.45) is 5.93. The van der Waals surface area contributed by atoms with E-state index in [0.29, 0.717) is 28.5 Å². The van der Waals surface area contributed by atoms with Crippen molar-refractivity contribution < 1.29 is 22.7 Å². The highest BCUT2D eigenvalue weighted by atomic mass is 19.4. The number of anilines is 2. The van der Waals surface area contributed by atoms with Gasteiger partial charge < -0.3 is 19.4 Å². The number of aromatic nitrogens is 4. The van der Waals surface area contributed by atoms with E-state index in [0.717, 1.165) is 123 Å². The smallest absolute Gasteiger partial charge is 0.422 e. The van der Waals surface area contributed by atoms with Gasteiger partial charge in [-0.15, -0.1) is 0 Å². The number of ether oxygens (including phenoxy) is 1. The van der Waals surface area contributed by atoms with Crippen LogP contribution >= 0.6 is 0 Å². The average Bonchev–Trinajstić information content (AvgIpc) is 4.03. The van der Waals surface area contributed by atoms with Crippen LogP contribution in [0.3, 0.4) is 0 Å². The van der Waals surface area contributed by atoms with Crippen molar-refractivity contribution in [3.63, 3.8) is 0 Å². The molecule has 4 saturated heterocycles. The van der Waals surface area contributed by atoms with Crippen molar-refractivity contribution in [1.82, 2.24) is 30.0 Å². The summed E-state index contributed by atoms with van der Waals surface area (Å²) in [6.45, 7) is 11.0. The molecule has 4 aliphatic heterocycles. The molecule has 2 aromatic heterocycles. The van der Waals surface area contributed by atoms with Gasteiger partial charge in [-0.1, -0.05) is 12.6 Å². The molecule has 6 heterocycles. The fraction of sp³-hybridized carbons (Fsp3) is 0.550. The second-order valence-corrected chi connectivity index (χ2v) is 16.9. The summed E-state index contributed by atoms with van der Waals surface area (Å²) in [5, 5.41) is 8.94. The van der Waals surface area contributed by atoms with E-state index in [1.54, 1.807) is 6.20 Å². The van der Waals surface area contributed by atoms with Crippen LogP contribution in [0.4, 0.5) is 24.9 Å². The van der Waals surface area contributed by atoms with E-state index in [2.05, 4.69) is 37.5 Å². The van der Waals surface area contributed by atoms with Crippen LogP contribution in [-0.4, -0.2) is 107 Å². The normalized spacial score (nSPS) is 23.5. The van der Waals surface area contributed by atoms with Crippen molar-refractivity contribution in [3.8, 4) is 16.9 Å². The molecule has 0 radical (unpaired) electrons. The first-order valence-electron chi connectivity index (χ1n) is 19.2. The molecule has 1 amide bonds. The van der Waals surface area contributed by atoms with Crippen molar-refractivity contribution >= 4 is 39.5 Å². The topological polar surface area (TPSA) is 93.7 Å². The fourth-order valence-corrected chi connectivity index (χ4v) is 9.68. The third-order valence-corrected chi connectivity index (χ3v) is 13.1. The summed E-state index contributed by atoms with van der Waals surface area (Å²) in [6, 6.07) is 6.51. The maximum Gasteiger partial charge on any atom is 0.422 e. The Kier molecular flexibility index (Phi) is 7.39. The standard InChI is InChI=1S/C40H45F3N8O2/c1-3-31(52)51-21-39(22-51)11-14-48(15-12-39)36-28-16-27(25-5-6-25)33(32-24(2)4-7-30-29(32)17-44-47-30)35(53-23-40(41,42)43)34(28)45-37(46-36)49-13-8-26(18-49)50-19-38(20-50)9-10-38/h3-4,7,16-17,25-26H,1,5-6,8-15,18-23H2,2H3,(H,44,47). The van der Waals surface area contributed by atoms with Crippen molar-refractivity contribution in [3.05, 3.63) is 48.2 Å². The van der Waals surface area contributed by atoms with Gasteiger partial charge in [0.25, 0.3) is 0 Å². The van der Waals surface area contributed by atoms with E-state index >= 15 is 0 Å². The highest BCUT2D eigenvalue weighted by Gasteiger charge is 2.54. The predicted octanol–water partition coefficient (Wildman–Crippen LogP) is 6.59. The number of likely N-dealkylation sites (tertiary alicyclic amines) is 2. The number of fused-ring (bicyclic) bond motifs is 2. The number of hydrogen-bond acceptors (Lipinski definition) is 8. The molecule has 278 valence electrons. The Bertz CT molecular complexity index is 2130. The third kappa shape index (κ3) is 5.72. The fourth-order valence-electron chi connectivity index (χ4n) is 9.68. The van der Waals surface area contributed by atoms with Crippen LogP contribution < -0.4 is 14.5 Å². The number of aryl methyl sites for hydroxylation is 1. The van der Waals surface area contributed by atoms with Gasteiger partial charge in [0.05, 0.1) is 11.7 Å². The zero-order chi connectivity index (χ0) is 36.3. The molecule has 6 fully saturated rings. The summed E-state index contributed by atoms with van der Waals surface area (Å²) >= 11 is 0. The monoisotopic (exact) mass is 726 g/mol. The average molecular weight is 727 g/mol. The van der Waals surface area contributed by atoms with Crippen LogP contribution in [0.1, 0.15) is 62.0 Å². The minimum Gasteiger partial charge on any atom is -0.481 e. The molecule has 6 aliphatic rings. The molecule has 10 nitrogen and oxygen atoms in total. The number of carbonyl (C=O) groups is 1. The van der Waals surface area contributed by atoms with Gasteiger partial charge in [0.1, 0.15) is 11.3 Å². The summed E-state index contributed by atoms with van der Waals surface area (Å²) in [7, 11) is 0. The molecule has 53 heavy (non-hydrogen) atoms. The minimum atomic E-state index is -4.54. The lowest BCUT2D eigenvalue weighted by molar-refractivity contribution is -0.153. The molecule has 1 N–H and O–H groups in total. The molecule has 1 unspecified atom stereocenters. The zero-order valence-electron chi connectivity index (χ0n) is 30.1. The summed E-state index contributed by atoms with van der Waals surface area (Å²) in [5.41, 5.74) is 5.27. The van der Waals surface area contributed by atoms with Gasteiger partial charge in [0, 0.05) is 80.2 Å². The maximum atomic E-state index is 14.1. The number of carbonyl (C=O) groups excluding carboxylic acids is 1. The number of rotatable bonds is 8. The van der Waals surface area contributed by atoms with E-state index < -0.39 is 12.8 Å². The molecule has 10 rings (SSSR count). The Morgan fingerprint density at radius 2 is 1.74 bits per heavy atom. The number of benzene rings is 2. The van der Waals surface area contributed by atoms with E-state index in [4.69, 9.17) is 14.7 Å². The Hall–Kier alpha value is -4.39. The van der Waals surface area contributed by atoms with Crippen LogP contribution in [-0.2, 0) is 4.79 Å². The van der Waals surface area contributed by atoms with E-state index in [-0.39, 0.29) is 23.0 Å². The Labute approximate surface area is 306 Å². The van der Waals surface area contributed by atoms with Crippen molar-refractivity contribution in [2.24, 2.45) is 10.8 Å². The quantitative estimate of drug-likeness (QED) is 0.204. The number of aromatic amines is 1. The predicted molar refractivity (Wildman–Crippen MR) is 197 cm³/mol. The zero-order valence-corrected chi connectivity index (χ0v) is 30.1. The van der Waals surface area contributed by atoms with E-state index in [1.807, 2.05) is 24.0 Å². The molecule has 13 heteroatoms. The lowest BCUT2D eigenvalue weighted by Crippen LogP contribution is -2.61. The van der Waals surface area contributed by atoms with Gasteiger partial charge in [0.15, 0.2) is 12.4 Å². The summed E-state index contributed by atoms with van der Waals surface area (Å²) in [4.78, 5) is 31.7. The van der Waals surface area contributed by atoms with Gasteiger partial charge in [-0.05, 0) is 98.1 Å². The van der Waals surface area contributed by atoms with Crippen molar-refractivity contribution in [2.75, 3.05) is 68.8 Å². The molecule has 1 atom stereocenters. The Morgan fingerprint density at radius 1 is 0.981 bits per heavy atom. The molecule has 0 bridgehead atoms. The van der Waals surface area contributed by atoms with Crippen molar-refractivity contribution in [1.29, 1.82) is 0 Å². The van der Waals surface area contributed by atoms with Gasteiger partial charge in [-0.3, -0.25) is 14.8 Å². The van der Waals surface area contributed by atoms with E-state index in [1.165, 1.54) is 18.9 Å². The SMILES string of the molecule is C=CC(=O)N1CC2(CCN(c3nc(N4CCC(N5CC6(CC6)C5)C4)nc4c(OCC(F)(F)F)c(-c5c(C)ccc6[nH]ncc56)c(C5CC5)cc34)CC2)C1. The second kappa shape index (κ2) is 11.8. The third-order valence-electron chi connectivity index (χ3n) is 13.1. The molecule has 2 spiro atoms. The number of amides is 1. The van der Waals surface area contributed by atoms with Gasteiger partial charge in [-0.2, -0.15) is 23.3 Å². The van der Waals surface area contributed by atoms with Gasteiger partial charge in [0.2, 0.25) is 11.9 Å². The number of piperidine rings is 1. The Morgan fingerprint density at radius 3 is 2.43 bits per heavy atom. The van der Waals surface area contributed by atoms with Crippen LogP contribution in [0.25, 0.3) is 32.9 Å². The molecule has 2 aromatic carbocycles. The molecule has 2 saturated carbocycles. The first-order chi connectivity index (χ1) is 25.5. The Balaban J connectivity index is 1.11. The van der Waals surface area contributed by atoms with Crippen LogP contribution in [0.2, 0.25) is 0 Å². The minimum absolute atomic E-state index is 0.0323. The lowest BCUT2D eigenvalue weighted by Gasteiger charge is -2.54. The number of nitrogens with one attached hydrogen (secondary N) is 1. The first-order valence-corrected chi connectivity index (χ1v) is 19.2. The number of halogens is 3. The number of alkyl halides is 3. The van der Waals surface area contributed by atoms with Crippen LogP contribution in [0.5, 0.6) is 5.75 Å². The summed E-state index contributed by atoms with van der Waals surface area (Å²) < 4.78 is 48.4. The van der Waals surface area contributed by atoms with Crippen LogP contribution in [0, 0.1) is 17.8 Å². The van der Waals surface area contributed by atoms with Gasteiger partial charge in [-0.25, -0.2) is 4.98 Å². The van der Waals surface area contributed by atoms with Crippen LogP contribution in [0.15, 0.2) is 37.1 Å². The number of nitrogens with zero attached hydrogens (tertiary/aromatic N) is 7. The molecule has 2 aliphatic carbocycles. The number of hydrogen-bond donors (Lipinski definition) is 1. The number of H-pyrrole nitrogens is 1. The van der Waals surface area contributed by atoms with Crippen molar-refractivity contribution in [2.45, 2.75) is 70.0 Å².